The molecule has 0 spiro atoms. The third-order valence-corrected chi connectivity index (χ3v) is 2.65. The van der Waals surface area contributed by atoms with Gasteiger partial charge in [0, 0.05) is 6.04 Å². The van der Waals surface area contributed by atoms with Gasteiger partial charge in [0.25, 0.3) is 0 Å². The molecule has 1 aromatic rings. The Balaban J connectivity index is 1.87. The zero-order valence-corrected chi connectivity index (χ0v) is 8.48. The first-order chi connectivity index (χ1) is 6.84. The highest BCUT2D eigenvalue weighted by molar-refractivity contribution is 5.38. The average Bonchev–Trinajstić information content (AvgIpc) is 2.23. The molecule has 2 rings (SSSR count). The van der Waals surface area contributed by atoms with Crippen LogP contribution in [0.25, 0.3) is 0 Å². The molecule has 0 aromatic carbocycles. The summed E-state index contributed by atoms with van der Waals surface area (Å²) in [6.07, 6.45) is 7.60. The lowest BCUT2D eigenvalue weighted by Gasteiger charge is -2.29. The van der Waals surface area contributed by atoms with Gasteiger partial charge < -0.3 is 10.2 Å². The molecular weight excluding hydrogens is 176 g/mol. The van der Waals surface area contributed by atoms with Crippen molar-refractivity contribution in [2.45, 2.75) is 18.9 Å². The number of rotatable bonds is 2. The first kappa shape index (κ1) is 9.40. The average molecular weight is 192 g/mol. The Bertz CT molecular complexity index is 267. The summed E-state index contributed by atoms with van der Waals surface area (Å²) in [5, 5.41) is 3.45. The summed E-state index contributed by atoms with van der Waals surface area (Å²) in [5.74, 6) is 0. The molecular formula is C10H16N4. The predicted molar refractivity (Wildman–Crippen MR) is 56.2 cm³/mol. The van der Waals surface area contributed by atoms with Gasteiger partial charge in [-0.1, -0.05) is 0 Å². The van der Waals surface area contributed by atoms with Crippen molar-refractivity contribution in [3.05, 3.63) is 18.7 Å². The van der Waals surface area contributed by atoms with E-state index < -0.39 is 0 Å². The third kappa shape index (κ3) is 2.42. The number of likely N-dealkylation sites (tertiary alicyclic amines) is 1. The molecule has 1 aromatic heterocycles. The molecule has 0 bridgehead atoms. The van der Waals surface area contributed by atoms with Gasteiger partial charge in [0.15, 0.2) is 0 Å². The number of hydrogen-bond acceptors (Lipinski definition) is 4. The van der Waals surface area contributed by atoms with Crippen molar-refractivity contribution in [3.8, 4) is 0 Å². The van der Waals surface area contributed by atoms with Gasteiger partial charge in [0.05, 0.1) is 18.1 Å². The zero-order valence-electron chi connectivity index (χ0n) is 8.48. The van der Waals surface area contributed by atoms with Crippen molar-refractivity contribution in [1.82, 2.24) is 14.9 Å². The molecule has 0 saturated carbocycles. The van der Waals surface area contributed by atoms with E-state index in [2.05, 4.69) is 27.2 Å². The van der Waals surface area contributed by atoms with E-state index in [0.717, 1.165) is 5.69 Å². The monoisotopic (exact) mass is 192 g/mol. The smallest absolute Gasteiger partial charge is 0.115 e. The maximum absolute atomic E-state index is 3.98. The van der Waals surface area contributed by atoms with Gasteiger partial charge in [-0.15, -0.1) is 0 Å². The van der Waals surface area contributed by atoms with Crippen LogP contribution in [-0.2, 0) is 0 Å². The van der Waals surface area contributed by atoms with Crippen LogP contribution < -0.4 is 5.32 Å². The van der Waals surface area contributed by atoms with Crippen molar-refractivity contribution in [2.75, 3.05) is 25.5 Å². The number of nitrogens with zero attached hydrogens (tertiary/aromatic N) is 3. The maximum Gasteiger partial charge on any atom is 0.115 e. The first-order valence-corrected chi connectivity index (χ1v) is 5.04. The van der Waals surface area contributed by atoms with Crippen molar-refractivity contribution in [2.24, 2.45) is 0 Å². The van der Waals surface area contributed by atoms with Crippen LogP contribution in [-0.4, -0.2) is 41.0 Å². The molecule has 1 saturated heterocycles. The van der Waals surface area contributed by atoms with Gasteiger partial charge in [-0.05, 0) is 33.0 Å². The second-order valence-corrected chi connectivity index (χ2v) is 3.85. The number of anilines is 1. The van der Waals surface area contributed by atoms with E-state index >= 15 is 0 Å². The molecule has 0 amide bonds. The number of hydrogen-bond donors (Lipinski definition) is 1. The minimum absolute atomic E-state index is 0.581. The Hall–Kier alpha value is -1.16. The fourth-order valence-electron chi connectivity index (χ4n) is 1.76. The first-order valence-electron chi connectivity index (χ1n) is 5.04. The van der Waals surface area contributed by atoms with Gasteiger partial charge in [-0.2, -0.15) is 0 Å². The molecule has 0 atom stereocenters. The summed E-state index contributed by atoms with van der Waals surface area (Å²) in [4.78, 5) is 10.3. The molecule has 1 fully saturated rings. The molecule has 4 heteroatoms. The normalized spacial score (nSPS) is 19.5. The quantitative estimate of drug-likeness (QED) is 0.758. The SMILES string of the molecule is CN1CCC(Nc2cncnc2)CC1. The van der Waals surface area contributed by atoms with Crippen LogP contribution in [0, 0.1) is 0 Å². The number of aromatic nitrogens is 2. The van der Waals surface area contributed by atoms with Crippen LogP contribution in [0.2, 0.25) is 0 Å². The van der Waals surface area contributed by atoms with Crippen LogP contribution in [0.5, 0.6) is 0 Å². The second-order valence-electron chi connectivity index (χ2n) is 3.85. The molecule has 76 valence electrons. The van der Waals surface area contributed by atoms with Crippen molar-refractivity contribution in [1.29, 1.82) is 0 Å². The van der Waals surface area contributed by atoms with Crippen LogP contribution in [0.15, 0.2) is 18.7 Å². The highest BCUT2D eigenvalue weighted by Gasteiger charge is 2.15. The molecule has 2 heterocycles. The van der Waals surface area contributed by atoms with Crippen LogP contribution in [0.3, 0.4) is 0 Å². The fraction of sp³-hybridized carbons (Fsp3) is 0.600. The Morgan fingerprint density at radius 2 is 1.93 bits per heavy atom. The van der Waals surface area contributed by atoms with E-state index in [9.17, 15) is 0 Å². The lowest BCUT2D eigenvalue weighted by molar-refractivity contribution is 0.264. The summed E-state index contributed by atoms with van der Waals surface area (Å²) < 4.78 is 0. The number of piperidine rings is 1. The summed E-state index contributed by atoms with van der Waals surface area (Å²) >= 11 is 0. The fourth-order valence-corrected chi connectivity index (χ4v) is 1.76. The molecule has 1 aliphatic rings. The largest absolute Gasteiger partial charge is 0.380 e. The van der Waals surface area contributed by atoms with Gasteiger partial charge in [0.2, 0.25) is 0 Å². The predicted octanol–water partition coefficient (Wildman–Crippen LogP) is 0.983. The van der Waals surface area contributed by atoms with Gasteiger partial charge in [0.1, 0.15) is 6.33 Å². The molecule has 1 N–H and O–H groups in total. The molecule has 0 unspecified atom stereocenters. The van der Waals surface area contributed by atoms with E-state index in [1.165, 1.54) is 25.9 Å². The lowest BCUT2D eigenvalue weighted by Crippen LogP contribution is -2.36. The van der Waals surface area contributed by atoms with E-state index in [1.807, 2.05) is 12.4 Å². The van der Waals surface area contributed by atoms with Crippen molar-refractivity contribution >= 4 is 5.69 Å². The Morgan fingerprint density at radius 3 is 2.57 bits per heavy atom. The summed E-state index contributed by atoms with van der Waals surface area (Å²) in [5.41, 5.74) is 1.03. The summed E-state index contributed by atoms with van der Waals surface area (Å²) in [6, 6.07) is 0.581. The Kier molecular flexibility index (Phi) is 2.93. The third-order valence-electron chi connectivity index (χ3n) is 2.65. The van der Waals surface area contributed by atoms with E-state index in [0.29, 0.717) is 6.04 Å². The van der Waals surface area contributed by atoms with Gasteiger partial charge >= 0.3 is 0 Å². The minimum Gasteiger partial charge on any atom is -0.380 e. The van der Waals surface area contributed by atoms with E-state index in [-0.39, 0.29) is 0 Å². The van der Waals surface area contributed by atoms with Gasteiger partial charge in [-0.3, -0.25) is 0 Å². The Morgan fingerprint density at radius 1 is 1.29 bits per heavy atom. The minimum atomic E-state index is 0.581. The van der Waals surface area contributed by atoms with Gasteiger partial charge in [-0.25, -0.2) is 9.97 Å². The topological polar surface area (TPSA) is 41.0 Å². The van der Waals surface area contributed by atoms with Crippen molar-refractivity contribution < 1.29 is 0 Å². The van der Waals surface area contributed by atoms with E-state index in [1.54, 1.807) is 6.33 Å². The second kappa shape index (κ2) is 4.37. The molecule has 4 nitrogen and oxygen atoms in total. The van der Waals surface area contributed by atoms with Crippen LogP contribution in [0.1, 0.15) is 12.8 Å². The summed E-state index contributed by atoms with van der Waals surface area (Å²) in [6.45, 7) is 2.34. The molecule has 1 aliphatic heterocycles. The highest BCUT2D eigenvalue weighted by Crippen LogP contribution is 2.13. The molecule has 14 heavy (non-hydrogen) atoms. The maximum atomic E-state index is 3.98. The standard InChI is InChI=1S/C10H16N4/c1-14-4-2-9(3-5-14)13-10-6-11-8-12-7-10/h6-9,13H,2-5H2,1H3. The molecule has 0 aliphatic carbocycles. The highest BCUT2D eigenvalue weighted by atomic mass is 15.1. The zero-order chi connectivity index (χ0) is 9.80. The Labute approximate surface area is 84.4 Å². The number of nitrogens with one attached hydrogen (secondary N) is 1. The molecule has 0 radical (unpaired) electrons. The van der Waals surface area contributed by atoms with Crippen LogP contribution >= 0.6 is 0 Å². The lowest BCUT2D eigenvalue weighted by atomic mass is 10.1. The summed E-state index contributed by atoms with van der Waals surface area (Å²) in [7, 11) is 2.17. The van der Waals surface area contributed by atoms with E-state index in [4.69, 9.17) is 0 Å². The van der Waals surface area contributed by atoms with Crippen LogP contribution in [0.4, 0.5) is 5.69 Å². The van der Waals surface area contributed by atoms with Crippen molar-refractivity contribution in [3.63, 3.8) is 0 Å².